The van der Waals surface area contributed by atoms with Gasteiger partial charge in [-0.2, -0.15) is 5.10 Å². The predicted octanol–water partition coefficient (Wildman–Crippen LogP) is 3.17. The second-order valence-electron chi connectivity index (χ2n) is 5.07. The molecule has 0 atom stereocenters. The topological polar surface area (TPSA) is 59.8 Å². The predicted molar refractivity (Wildman–Crippen MR) is 91.8 cm³/mol. The van der Waals surface area contributed by atoms with E-state index in [4.69, 9.17) is 0 Å². The van der Waals surface area contributed by atoms with Crippen LogP contribution in [0.5, 0.6) is 0 Å². The zero-order valence-corrected chi connectivity index (χ0v) is 14.1. The molecule has 0 aliphatic rings. The highest BCUT2D eigenvalue weighted by atomic mass is 79.9. The van der Waals surface area contributed by atoms with Crippen molar-refractivity contribution in [1.82, 2.24) is 20.1 Å². The quantitative estimate of drug-likeness (QED) is 0.767. The average molecular weight is 371 g/mol. The lowest BCUT2D eigenvalue weighted by Gasteiger charge is -2.03. The number of carbonyl (C=O) groups excluding carboxylic acids is 1. The summed E-state index contributed by atoms with van der Waals surface area (Å²) < 4.78 is 2.75. The third-order valence-corrected chi connectivity index (χ3v) is 3.97. The van der Waals surface area contributed by atoms with Gasteiger partial charge < -0.3 is 5.32 Å². The standard InChI is InChI=1S/C17H15BrN4O/c1-22-16(12-6-8-19-9-7-12)10-15(21-22)11-20-17(23)13-2-4-14(18)5-3-13/h2-10H,11H2,1H3,(H,20,23). The lowest BCUT2D eigenvalue weighted by atomic mass is 10.2. The van der Waals surface area contributed by atoms with Crippen LogP contribution in [-0.2, 0) is 13.6 Å². The fourth-order valence-corrected chi connectivity index (χ4v) is 2.54. The number of halogens is 1. The molecule has 0 aliphatic heterocycles. The van der Waals surface area contributed by atoms with Gasteiger partial charge in [0.1, 0.15) is 0 Å². The first-order valence-electron chi connectivity index (χ1n) is 7.10. The molecular weight excluding hydrogens is 356 g/mol. The molecule has 0 saturated heterocycles. The van der Waals surface area contributed by atoms with Crippen molar-refractivity contribution in [2.24, 2.45) is 7.05 Å². The molecule has 0 unspecified atom stereocenters. The van der Waals surface area contributed by atoms with E-state index in [-0.39, 0.29) is 5.91 Å². The fraction of sp³-hybridized carbons (Fsp3) is 0.118. The summed E-state index contributed by atoms with van der Waals surface area (Å²) in [7, 11) is 1.88. The van der Waals surface area contributed by atoms with Gasteiger partial charge in [-0.3, -0.25) is 14.5 Å². The van der Waals surface area contributed by atoms with E-state index in [0.29, 0.717) is 12.1 Å². The van der Waals surface area contributed by atoms with Crippen LogP contribution in [0.3, 0.4) is 0 Å². The van der Waals surface area contributed by atoms with Crippen molar-refractivity contribution >= 4 is 21.8 Å². The van der Waals surface area contributed by atoms with E-state index in [1.807, 2.05) is 37.4 Å². The normalized spacial score (nSPS) is 10.5. The monoisotopic (exact) mass is 370 g/mol. The number of carbonyl (C=O) groups is 1. The Morgan fingerprint density at radius 1 is 1.17 bits per heavy atom. The molecule has 116 valence electrons. The molecule has 6 heteroatoms. The number of benzene rings is 1. The number of pyridine rings is 1. The van der Waals surface area contributed by atoms with Gasteiger partial charge in [0.2, 0.25) is 0 Å². The van der Waals surface area contributed by atoms with Gasteiger partial charge in [-0.25, -0.2) is 0 Å². The van der Waals surface area contributed by atoms with Gasteiger partial charge in [-0.05, 0) is 42.5 Å². The number of amides is 1. The van der Waals surface area contributed by atoms with Gasteiger partial charge in [0.05, 0.1) is 17.9 Å². The first kappa shape index (κ1) is 15.4. The number of hydrogen-bond acceptors (Lipinski definition) is 3. The zero-order chi connectivity index (χ0) is 16.2. The van der Waals surface area contributed by atoms with Gasteiger partial charge in [-0.1, -0.05) is 15.9 Å². The second kappa shape index (κ2) is 6.75. The van der Waals surface area contributed by atoms with Crippen molar-refractivity contribution in [3.05, 3.63) is 70.6 Å². The number of hydrogen-bond donors (Lipinski definition) is 1. The highest BCUT2D eigenvalue weighted by Crippen LogP contribution is 2.18. The molecule has 0 fully saturated rings. The van der Waals surface area contributed by atoms with Crippen molar-refractivity contribution in [2.45, 2.75) is 6.54 Å². The molecule has 1 amide bonds. The van der Waals surface area contributed by atoms with E-state index in [0.717, 1.165) is 21.4 Å². The molecule has 5 nitrogen and oxygen atoms in total. The summed E-state index contributed by atoms with van der Waals surface area (Å²) in [4.78, 5) is 16.1. The summed E-state index contributed by atoms with van der Waals surface area (Å²) in [6.45, 7) is 0.383. The lowest BCUT2D eigenvalue weighted by Crippen LogP contribution is -2.23. The van der Waals surface area contributed by atoms with E-state index < -0.39 is 0 Å². The van der Waals surface area contributed by atoms with Gasteiger partial charge in [0.15, 0.2) is 0 Å². The van der Waals surface area contributed by atoms with Crippen LogP contribution in [0.25, 0.3) is 11.3 Å². The minimum absolute atomic E-state index is 0.117. The third kappa shape index (κ3) is 3.65. The van der Waals surface area contributed by atoms with Crippen LogP contribution in [0.15, 0.2) is 59.3 Å². The van der Waals surface area contributed by atoms with Crippen molar-refractivity contribution in [1.29, 1.82) is 0 Å². The Balaban J connectivity index is 1.69. The van der Waals surface area contributed by atoms with Crippen LogP contribution in [-0.4, -0.2) is 20.7 Å². The van der Waals surface area contributed by atoms with Gasteiger partial charge >= 0.3 is 0 Å². The highest BCUT2D eigenvalue weighted by Gasteiger charge is 2.09. The van der Waals surface area contributed by atoms with Crippen molar-refractivity contribution in [3.8, 4) is 11.3 Å². The molecule has 23 heavy (non-hydrogen) atoms. The number of aromatic nitrogens is 3. The Hall–Kier alpha value is -2.47. The fourth-order valence-electron chi connectivity index (χ4n) is 2.28. The summed E-state index contributed by atoms with van der Waals surface area (Å²) >= 11 is 3.35. The largest absolute Gasteiger partial charge is 0.346 e. The van der Waals surface area contributed by atoms with E-state index in [2.05, 4.69) is 31.3 Å². The molecule has 0 aliphatic carbocycles. The summed E-state index contributed by atoms with van der Waals surface area (Å²) in [5.41, 5.74) is 3.46. The van der Waals surface area contributed by atoms with E-state index in [9.17, 15) is 4.79 Å². The summed E-state index contributed by atoms with van der Waals surface area (Å²) in [6.07, 6.45) is 3.49. The number of nitrogens with zero attached hydrogens (tertiary/aromatic N) is 3. The van der Waals surface area contributed by atoms with Crippen LogP contribution in [0.2, 0.25) is 0 Å². The van der Waals surface area contributed by atoms with Gasteiger partial charge in [-0.15, -0.1) is 0 Å². The smallest absolute Gasteiger partial charge is 0.251 e. The molecule has 3 rings (SSSR count). The maximum Gasteiger partial charge on any atom is 0.251 e. The van der Waals surface area contributed by atoms with Crippen molar-refractivity contribution in [3.63, 3.8) is 0 Å². The maximum atomic E-state index is 12.1. The first-order chi connectivity index (χ1) is 11.1. The lowest BCUT2D eigenvalue weighted by molar-refractivity contribution is 0.0950. The van der Waals surface area contributed by atoms with Crippen LogP contribution < -0.4 is 5.32 Å². The van der Waals surface area contributed by atoms with E-state index >= 15 is 0 Å². The molecular formula is C17H15BrN4O. The Morgan fingerprint density at radius 2 is 1.87 bits per heavy atom. The molecule has 2 aromatic heterocycles. The second-order valence-corrected chi connectivity index (χ2v) is 5.99. The minimum Gasteiger partial charge on any atom is -0.346 e. The molecule has 0 saturated carbocycles. The summed E-state index contributed by atoms with van der Waals surface area (Å²) in [5.74, 6) is -0.117. The van der Waals surface area contributed by atoms with Crippen LogP contribution in [0.4, 0.5) is 0 Å². The zero-order valence-electron chi connectivity index (χ0n) is 12.5. The number of aryl methyl sites for hydroxylation is 1. The minimum atomic E-state index is -0.117. The Kier molecular flexibility index (Phi) is 4.52. The molecule has 1 aromatic carbocycles. The molecule has 2 heterocycles. The number of rotatable bonds is 4. The third-order valence-electron chi connectivity index (χ3n) is 3.44. The van der Waals surface area contributed by atoms with Gasteiger partial charge in [0.25, 0.3) is 5.91 Å². The molecule has 1 N–H and O–H groups in total. The van der Waals surface area contributed by atoms with Crippen LogP contribution >= 0.6 is 15.9 Å². The summed E-state index contributed by atoms with van der Waals surface area (Å²) in [5, 5.41) is 7.33. The van der Waals surface area contributed by atoms with Gasteiger partial charge in [0, 0.05) is 35.0 Å². The highest BCUT2D eigenvalue weighted by molar-refractivity contribution is 9.10. The van der Waals surface area contributed by atoms with Crippen molar-refractivity contribution < 1.29 is 4.79 Å². The van der Waals surface area contributed by atoms with E-state index in [1.54, 1.807) is 29.2 Å². The molecule has 0 radical (unpaired) electrons. The Morgan fingerprint density at radius 3 is 2.57 bits per heavy atom. The molecule has 0 spiro atoms. The Labute approximate surface area is 142 Å². The SMILES string of the molecule is Cn1nc(CNC(=O)c2ccc(Br)cc2)cc1-c1ccncc1. The van der Waals surface area contributed by atoms with Crippen LogP contribution in [0.1, 0.15) is 16.1 Å². The van der Waals surface area contributed by atoms with Crippen LogP contribution in [0, 0.1) is 0 Å². The van der Waals surface area contributed by atoms with E-state index in [1.165, 1.54) is 0 Å². The maximum absolute atomic E-state index is 12.1. The van der Waals surface area contributed by atoms with Crippen molar-refractivity contribution in [2.75, 3.05) is 0 Å². The summed E-state index contributed by atoms with van der Waals surface area (Å²) in [6, 6.07) is 13.1. The number of nitrogens with one attached hydrogen (secondary N) is 1. The Bertz CT molecular complexity index is 812. The average Bonchev–Trinajstić information content (AvgIpc) is 2.95. The molecule has 3 aromatic rings. The molecule has 0 bridgehead atoms. The first-order valence-corrected chi connectivity index (χ1v) is 7.90.